The van der Waals surface area contributed by atoms with Gasteiger partial charge in [-0.2, -0.15) is 0 Å². The first-order chi connectivity index (χ1) is 10.7. The summed E-state index contributed by atoms with van der Waals surface area (Å²) in [4.78, 5) is 20.6. The Hall–Kier alpha value is -1.78. The highest BCUT2D eigenvalue weighted by Crippen LogP contribution is 2.17. The van der Waals surface area contributed by atoms with Gasteiger partial charge in [0.05, 0.1) is 0 Å². The molecule has 22 heavy (non-hydrogen) atoms. The number of carbonyl (C=O) groups is 1. The van der Waals surface area contributed by atoms with E-state index in [0.29, 0.717) is 6.54 Å². The molecule has 0 unspecified atom stereocenters. The standard InChI is InChI=1S/C17H28N4O/c1-3-20(4-2)17(22)19-14-15-9-10-16(18-13-15)21-11-7-5-6-8-12-21/h9-10,13H,3-8,11-12,14H2,1-2H3,(H,19,22). The van der Waals surface area contributed by atoms with Crippen molar-refractivity contribution in [1.29, 1.82) is 0 Å². The zero-order chi connectivity index (χ0) is 15.8. The predicted molar refractivity (Wildman–Crippen MR) is 90.1 cm³/mol. The number of hydrogen-bond donors (Lipinski definition) is 1. The fraction of sp³-hybridized carbons (Fsp3) is 0.647. The van der Waals surface area contributed by atoms with E-state index >= 15 is 0 Å². The van der Waals surface area contributed by atoms with Crippen LogP contribution in [-0.4, -0.2) is 42.1 Å². The molecule has 0 spiro atoms. The number of carbonyl (C=O) groups excluding carboxylic acids is 1. The SMILES string of the molecule is CCN(CC)C(=O)NCc1ccc(N2CCCCCC2)nc1. The Kier molecular flexibility index (Phi) is 6.49. The Labute approximate surface area is 133 Å². The molecule has 0 radical (unpaired) electrons. The first-order valence-electron chi connectivity index (χ1n) is 8.47. The highest BCUT2D eigenvalue weighted by atomic mass is 16.2. The minimum atomic E-state index is -0.0124. The lowest BCUT2D eigenvalue weighted by molar-refractivity contribution is 0.203. The normalized spacial score (nSPS) is 15.3. The molecule has 2 amide bonds. The number of anilines is 1. The van der Waals surface area contributed by atoms with Gasteiger partial charge >= 0.3 is 6.03 Å². The second kappa shape index (κ2) is 8.61. The summed E-state index contributed by atoms with van der Waals surface area (Å²) in [6.45, 7) is 8.17. The number of hydrogen-bond acceptors (Lipinski definition) is 3. The van der Waals surface area contributed by atoms with Gasteiger partial charge in [0.25, 0.3) is 0 Å². The Morgan fingerprint density at radius 1 is 1.18 bits per heavy atom. The average Bonchev–Trinajstić information content (AvgIpc) is 2.84. The lowest BCUT2D eigenvalue weighted by Crippen LogP contribution is -2.39. The molecule has 1 aliphatic rings. The van der Waals surface area contributed by atoms with Crippen molar-refractivity contribution in [2.24, 2.45) is 0 Å². The first kappa shape index (κ1) is 16.6. The van der Waals surface area contributed by atoms with Crippen molar-refractivity contribution in [3.05, 3.63) is 23.9 Å². The quantitative estimate of drug-likeness (QED) is 0.909. The summed E-state index contributed by atoms with van der Waals surface area (Å²) in [5.41, 5.74) is 1.04. The molecule has 5 nitrogen and oxygen atoms in total. The molecular formula is C17H28N4O. The number of nitrogens with zero attached hydrogens (tertiary/aromatic N) is 3. The molecule has 5 heteroatoms. The van der Waals surface area contributed by atoms with Crippen molar-refractivity contribution >= 4 is 11.8 Å². The molecule has 122 valence electrons. The topological polar surface area (TPSA) is 48.5 Å². The van der Waals surface area contributed by atoms with Crippen LogP contribution in [0.4, 0.5) is 10.6 Å². The van der Waals surface area contributed by atoms with E-state index in [1.807, 2.05) is 20.0 Å². The molecule has 1 aromatic heterocycles. The van der Waals surface area contributed by atoms with Gasteiger partial charge in [0.1, 0.15) is 5.82 Å². The average molecular weight is 304 g/mol. The molecule has 1 fully saturated rings. The van der Waals surface area contributed by atoms with Gasteiger partial charge in [-0.15, -0.1) is 0 Å². The van der Waals surface area contributed by atoms with Gasteiger partial charge < -0.3 is 15.1 Å². The van der Waals surface area contributed by atoms with E-state index in [1.165, 1.54) is 25.7 Å². The number of pyridine rings is 1. The van der Waals surface area contributed by atoms with Crippen LogP contribution in [0.2, 0.25) is 0 Å². The largest absolute Gasteiger partial charge is 0.357 e. The summed E-state index contributed by atoms with van der Waals surface area (Å²) in [5, 5.41) is 2.94. The molecule has 1 aromatic rings. The third-order valence-corrected chi connectivity index (χ3v) is 4.23. The molecule has 0 aromatic carbocycles. The third-order valence-electron chi connectivity index (χ3n) is 4.23. The van der Waals surface area contributed by atoms with Gasteiger partial charge in [-0.05, 0) is 38.3 Å². The summed E-state index contributed by atoms with van der Waals surface area (Å²) >= 11 is 0. The van der Waals surface area contributed by atoms with Crippen LogP contribution >= 0.6 is 0 Å². The van der Waals surface area contributed by atoms with E-state index in [1.54, 1.807) is 4.90 Å². The zero-order valence-corrected chi connectivity index (χ0v) is 13.8. The molecule has 0 aliphatic carbocycles. The summed E-state index contributed by atoms with van der Waals surface area (Å²) in [5.74, 6) is 1.06. The Morgan fingerprint density at radius 2 is 1.86 bits per heavy atom. The molecule has 2 rings (SSSR count). The van der Waals surface area contributed by atoms with Crippen molar-refractivity contribution in [2.75, 3.05) is 31.1 Å². The van der Waals surface area contributed by atoms with E-state index in [-0.39, 0.29) is 6.03 Å². The van der Waals surface area contributed by atoms with Crippen LogP contribution in [0.5, 0.6) is 0 Å². The fourth-order valence-electron chi connectivity index (χ4n) is 2.81. The maximum Gasteiger partial charge on any atom is 0.317 e. The van der Waals surface area contributed by atoms with Crippen LogP contribution in [0, 0.1) is 0 Å². The van der Waals surface area contributed by atoms with Crippen molar-refractivity contribution < 1.29 is 4.79 Å². The zero-order valence-electron chi connectivity index (χ0n) is 13.8. The summed E-state index contributed by atoms with van der Waals surface area (Å²) < 4.78 is 0. The maximum absolute atomic E-state index is 11.9. The van der Waals surface area contributed by atoms with E-state index in [2.05, 4.69) is 27.3 Å². The number of aromatic nitrogens is 1. The third kappa shape index (κ3) is 4.61. The van der Waals surface area contributed by atoms with Gasteiger partial charge in [0.2, 0.25) is 0 Å². The van der Waals surface area contributed by atoms with E-state index in [0.717, 1.165) is 37.6 Å². The molecule has 2 heterocycles. The summed E-state index contributed by atoms with van der Waals surface area (Å²) in [7, 11) is 0. The lowest BCUT2D eigenvalue weighted by Gasteiger charge is -2.22. The Balaban J connectivity index is 1.87. The molecule has 1 N–H and O–H groups in total. The number of urea groups is 1. The van der Waals surface area contributed by atoms with Crippen LogP contribution in [0.1, 0.15) is 45.1 Å². The van der Waals surface area contributed by atoms with Crippen LogP contribution < -0.4 is 10.2 Å². The van der Waals surface area contributed by atoms with Crippen molar-refractivity contribution in [1.82, 2.24) is 15.2 Å². The number of amides is 2. The monoisotopic (exact) mass is 304 g/mol. The van der Waals surface area contributed by atoms with Crippen molar-refractivity contribution in [3.63, 3.8) is 0 Å². The van der Waals surface area contributed by atoms with E-state index < -0.39 is 0 Å². The van der Waals surface area contributed by atoms with E-state index in [4.69, 9.17) is 0 Å². The molecule has 0 atom stereocenters. The molecule has 0 bridgehead atoms. The van der Waals surface area contributed by atoms with Gasteiger partial charge in [-0.1, -0.05) is 18.9 Å². The highest BCUT2D eigenvalue weighted by Gasteiger charge is 2.11. The Bertz CT molecular complexity index is 448. The summed E-state index contributed by atoms with van der Waals surface area (Å²) in [6.07, 6.45) is 7.04. The summed E-state index contributed by atoms with van der Waals surface area (Å²) in [6, 6.07) is 4.13. The Morgan fingerprint density at radius 3 is 2.41 bits per heavy atom. The number of rotatable bonds is 5. The second-order valence-electron chi connectivity index (χ2n) is 5.76. The van der Waals surface area contributed by atoms with Crippen LogP contribution in [0.15, 0.2) is 18.3 Å². The minimum absolute atomic E-state index is 0.0124. The molecular weight excluding hydrogens is 276 g/mol. The van der Waals surface area contributed by atoms with Crippen molar-refractivity contribution in [2.45, 2.75) is 46.1 Å². The smallest absolute Gasteiger partial charge is 0.317 e. The van der Waals surface area contributed by atoms with Gasteiger partial charge in [-0.25, -0.2) is 9.78 Å². The molecule has 0 saturated carbocycles. The van der Waals surface area contributed by atoms with Gasteiger partial charge in [0, 0.05) is 38.9 Å². The minimum Gasteiger partial charge on any atom is -0.357 e. The fourth-order valence-corrected chi connectivity index (χ4v) is 2.81. The predicted octanol–water partition coefficient (Wildman–Crippen LogP) is 3.01. The van der Waals surface area contributed by atoms with Crippen LogP contribution in [-0.2, 0) is 6.54 Å². The molecule has 1 saturated heterocycles. The lowest BCUT2D eigenvalue weighted by atomic mass is 10.2. The first-order valence-corrected chi connectivity index (χ1v) is 8.47. The maximum atomic E-state index is 11.9. The van der Waals surface area contributed by atoms with Crippen molar-refractivity contribution in [3.8, 4) is 0 Å². The van der Waals surface area contributed by atoms with Crippen LogP contribution in [0.3, 0.4) is 0 Å². The second-order valence-corrected chi connectivity index (χ2v) is 5.76. The molecule has 1 aliphatic heterocycles. The highest BCUT2D eigenvalue weighted by molar-refractivity contribution is 5.74. The van der Waals surface area contributed by atoms with Gasteiger partial charge in [0.15, 0.2) is 0 Å². The van der Waals surface area contributed by atoms with Crippen LogP contribution in [0.25, 0.3) is 0 Å². The van der Waals surface area contributed by atoms with Gasteiger partial charge in [-0.3, -0.25) is 0 Å². The van der Waals surface area contributed by atoms with E-state index in [9.17, 15) is 4.79 Å². The number of nitrogens with one attached hydrogen (secondary N) is 1.